The first-order valence-electron chi connectivity index (χ1n) is 8.39. The molecular formula is C16H28N4O2S. The van der Waals surface area contributed by atoms with Crippen LogP contribution in [0.1, 0.15) is 26.7 Å². The maximum Gasteiger partial charge on any atom is 0.299 e. The molecule has 1 aromatic carbocycles. The molecule has 1 saturated heterocycles. The number of nitrogens with one attached hydrogen (secondary N) is 2. The number of rotatable bonds is 8. The molecule has 0 atom stereocenters. The minimum Gasteiger partial charge on any atom is -0.369 e. The van der Waals surface area contributed by atoms with Crippen molar-refractivity contribution >= 4 is 21.6 Å². The fourth-order valence-electron chi connectivity index (χ4n) is 2.71. The first kappa shape index (κ1) is 18.0. The highest BCUT2D eigenvalue weighted by atomic mass is 32.2. The van der Waals surface area contributed by atoms with Crippen molar-refractivity contribution in [3.63, 3.8) is 0 Å². The van der Waals surface area contributed by atoms with E-state index in [0.29, 0.717) is 12.2 Å². The lowest BCUT2D eigenvalue weighted by Crippen LogP contribution is -2.46. The molecule has 6 nitrogen and oxygen atoms in total. The molecule has 0 unspecified atom stereocenters. The van der Waals surface area contributed by atoms with Gasteiger partial charge < -0.3 is 4.90 Å². The van der Waals surface area contributed by atoms with E-state index in [9.17, 15) is 8.42 Å². The summed E-state index contributed by atoms with van der Waals surface area (Å²) in [5, 5.41) is 0. The molecule has 2 N–H and O–H groups in total. The summed E-state index contributed by atoms with van der Waals surface area (Å²) >= 11 is 0. The van der Waals surface area contributed by atoms with Gasteiger partial charge in [0.1, 0.15) is 0 Å². The van der Waals surface area contributed by atoms with Crippen molar-refractivity contribution in [3.05, 3.63) is 24.3 Å². The monoisotopic (exact) mass is 340 g/mol. The molecule has 1 heterocycles. The van der Waals surface area contributed by atoms with E-state index in [0.717, 1.165) is 38.3 Å². The third-order valence-corrected chi connectivity index (χ3v) is 5.03. The molecule has 1 fully saturated rings. The molecule has 0 spiro atoms. The Morgan fingerprint density at radius 2 is 1.65 bits per heavy atom. The molecule has 1 aliphatic heterocycles. The van der Waals surface area contributed by atoms with E-state index in [1.54, 1.807) is 0 Å². The van der Waals surface area contributed by atoms with E-state index in [-0.39, 0.29) is 0 Å². The Morgan fingerprint density at radius 1 is 1.00 bits per heavy atom. The topological polar surface area (TPSA) is 64.7 Å². The van der Waals surface area contributed by atoms with Gasteiger partial charge in [-0.1, -0.05) is 13.8 Å². The van der Waals surface area contributed by atoms with Gasteiger partial charge >= 0.3 is 0 Å². The molecular weight excluding hydrogens is 312 g/mol. The van der Waals surface area contributed by atoms with Gasteiger partial charge in [-0.2, -0.15) is 13.1 Å². The minimum absolute atomic E-state index is 0.440. The number of anilines is 2. The van der Waals surface area contributed by atoms with Gasteiger partial charge in [-0.15, -0.1) is 0 Å². The van der Waals surface area contributed by atoms with Gasteiger partial charge in [-0.05, 0) is 43.7 Å². The maximum absolute atomic E-state index is 11.8. The van der Waals surface area contributed by atoms with Crippen molar-refractivity contribution in [2.45, 2.75) is 26.7 Å². The van der Waals surface area contributed by atoms with E-state index < -0.39 is 10.2 Å². The van der Waals surface area contributed by atoms with Crippen molar-refractivity contribution in [2.75, 3.05) is 48.9 Å². The van der Waals surface area contributed by atoms with Gasteiger partial charge in [0.15, 0.2) is 0 Å². The zero-order valence-corrected chi connectivity index (χ0v) is 14.9. The van der Waals surface area contributed by atoms with Crippen LogP contribution in [0.3, 0.4) is 0 Å². The van der Waals surface area contributed by atoms with Crippen LogP contribution in [0.4, 0.5) is 11.4 Å². The second-order valence-corrected chi connectivity index (χ2v) is 7.38. The highest BCUT2D eigenvalue weighted by Gasteiger charge is 2.16. The summed E-state index contributed by atoms with van der Waals surface area (Å²) in [6, 6.07) is 7.60. The van der Waals surface area contributed by atoms with Crippen LogP contribution in [0, 0.1) is 0 Å². The highest BCUT2D eigenvalue weighted by molar-refractivity contribution is 7.90. The van der Waals surface area contributed by atoms with Crippen LogP contribution in [0.2, 0.25) is 0 Å². The predicted molar refractivity (Wildman–Crippen MR) is 96.2 cm³/mol. The van der Waals surface area contributed by atoms with Crippen molar-refractivity contribution < 1.29 is 8.42 Å². The Labute approximate surface area is 140 Å². The van der Waals surface area contributed by atoms with Crippen LogP contribution in [0.5, 0.6) is 0 Å². The summed E-state index contributed by atoms with van der Waals surface area (Å²) in [6.45, 7) is 9.95. The molecule has 1 aliphatic rings. The summed E-state index contributed by atoms with van der Waals surface area (Å²) in [5.74, 6) is 0. The van der Waals surface area contributed by atoms with Crippen LogP contribution in [-0.2, 0) is 10.2 Å². The summed E-state index contributed by atoms with van der Waals surface area (Å²) in [5.41, 5.74) is 1.73. The highest BCUT2D eigenvalue weighted by Crippen LogP contribution is 2.20. The van der Waals surface area contributed by atoms with E-state index in [4.69, 9.17) is 0 Å². The van der Waals surface area contributed by atoms with Gasteiger partial charge in [0.05, 0.1) is 0 Å². The van der Waals surface area contributed by atoms with Crippen LogP contribution in [-0.4, -0.2) is 52.6 Å². The smallest absolute Gasteiger partial charge is 0.299 e. The molecule has 0 saturated carbocycles. The summed E-state index contributed by atoms with van der Waals surface area (Å²) < 4.78 is 28.6. The average Bonchev–Trinajstić information content (AvgIpc) is 2.55. The van der Waals surface area contributed by atoms with Crippen molar-refractivity contribution in [1.82, 2.24) is 9.62 Å². The van der Waals surface area contributed by atoms with Crippen molar-refractivity contribution in [2.24, 2.45) is 0 Å². The number of nitrogens with zero attached hydrogens (tertiary/aromatic N) is 2. The molecule has 130 valence electrons. The lowest BCUT2D eigenvalue weighted by atomic mass is 10.2. The number of piperazine rings is 1. The fraction of sp³-hybridized carbons (Fsp3) is 0.625. The number of hydrogen-bond acceptors (Lipinski definition) is 4. The van der Waals surface area contributed by atoms with Crippen LogP contribution in [0.15, 0.2) is 24.3 Å². The largest absolute Gasteiger partial charge is 0.369 e. The van der Waals surface area contributed by atoms with Gasteiger partial charge in [0.2, 0.25) is 0 Å². The molecule has 23 heavy (non-hydrogen) atoms. The predicted octanol–water partition coefficient (Wildman–Crippen LogP) is 1.87. The number of hydrogen-bond donors (Lipinski definition) is 2. The van der Waals surface area contributed by atoms with Gasteiger partial charge in [0.25, 0.3) is 10.2 Å². The lowest BCUT2D eigenvalue weighted by Gasteiger charge is -2.36. The second kappa shape index (κ2) is 8.52. The molecule has 0 aliphatic carbocycles. The Kier molecular flexibility index (Phi) is 6.68. The Hall–Kier alpha value is -1.31. The molecule has 7 heteroatoms. The molecule has 0 bridgehead atoms. The zero-order valence-electron chi connectivity index (χ0n) is 14.1. The third kappa shape index (κ3) is 5.67. The van der Waals surface area contributed by atoms with Crippen LogP contribution in [0.25, 0.3) is 0 Å². The Morgan fingerprint density at radius 3 is 2.22 bits per heavy atom. The van der Waals surface area contributed by atoms with Gasteiger partial charge in [-0.3, -0.25) is 9.62 Å². The summed E-state index contributed by atoms with van der Waals surface area (Å²) in [6.07, 6.45) is 1.96. The molecule has 0 amide bonds. The van der Waals surface area contributed by atoms with Crippen molar-refractivity contribution in [3.8, 4) is 0 Å². The van der Waals surface area contributed by atoms with E-state index in [1.165, 1.54) is 13.0 Å². The van der Waals surface area contributed by atoms with Gasteiger partial charge in [-0.25, -0.2) is 0 Å². The Bertz CT molecular complexity index is 566. The molecule has 1 aromatic rings. The molecule has 0 aromatic heterocycles. The van der Waals surface area contributed by atoms with E-state index in [2.05, 4.69) is 26.2 Å². The average molecular weight is 340 g/mol. The van der Waals surface area contributed by atoms with Crippen LogP contribution >= 0.6 is 0 Å². The van der Waals surface area contributed by atoms with Gasteiger partial charge in [0, 0.05) is 44.1 Å². The first-order valence-corrected chi connectivity index (χ1v) is 9.87. The third-order valence-electron chi connectivity index (χ3n) is 3.94. The normalized spacial score (nSPS) is 16.5. The Balaban J connectivity index is 1.90. The minimum atomic E-state index is -3.47. The zero-order chi connectivity index (χ0) is 16.7. The fourth-order valence-corrected chi connectivity index (χ4v) is 3.71. The maximum atomic E-state index is 11.8. The number of benzene rings is 1. The quantitative estimate of drug-likeness (QED) is 0.758. The molecule has 2 rings (SSSR count). The second-order valence-electron chi connectivity index (χ2n) is 5.88. The standard InChI is InChI=1S/C16H28N4O2S/c1-3-9-17-23(21,22)18-15-5-7-16(8-6-15)20-13-11-19(10-4-2)12-14-20/h5-8,17-18H,3-4,9-14H2,1-2H3. The SMILES string of the molecule is CCCNS(=O)(=O)Nc1ccc(N2CCN(CCC)CC2)cc1. The summed E-state index contributed by atoms with van der Waals surface area (Å²) in [4.78, 5) is 4.83. The summed E-state index contributed by atoms with van der Waals surface area (Å²) in [7, 11) is -3.47. The van der Waals surface area contributed by atoms with Crippen LogP contribution < -0.4 is 14.3 Å². The van der Waals surface area contributed by atoms with E-state index in [1.807, 2.05) is 31.2 Å². The molecule has 0 radical (unpaired) electrons. The first-order chi connectivity index (χ1) is 11.0. The van der Waals surface area contributed by atoms with E-state index >= 15 is 0 Å². The lowest BCUT2D eigenvalue weighted by molar-refractivity contribution is 0.258. The van der Waals surface area contributed by atoms with Crippen molar-refractivity contribution in [1.29, 1.82) is 0 Å².